The van der Waals surface area contributed by atoms with E-state index in [0.29, 0.717) is 24.2 Å². The van der Waals surface area contributed by atoms with Crippen LogP contribution in [0.3, 0.4) is 0 Å². The summed E-state index contributed by atoms with van der Waals surface area (Å²) in [7, 11) is 0. The molecule has 3 aliphatic rings. The SMILES string of the molecule is O.O=C1/C(=C/c2cccc(/C=C3\CCc4c(-c5ccccc5)cc(-c5ccccc5)nc4C3=O)c2)CCc2c(-c3ccccc3)cc(C3=CCCC=C3)nc21. The van der Waals surface area contributed by atoms with Gasteiger partial charge in [0.25, 0.3) is 0 Å². The van der Waals surface area contributed by atoms with E-state index in [4.69, 9.17) is 9.97 Å². The van der Waals surface area contributed by atoms with Gasteiger partial charge in [0.1, 0.15) is 11.4 Å². The van der Waals surface area contributed by atoms with Crippen molar-refractivity contribution in [1.29, 1.82) is 0 Å². The maximum atomic E-state index is 14.2. The molecule has 0 saturated heterocycles. The highest BCUT2D eigenvalue weighted by Gasteiger charge is 2.29. The lowest BCUT2D eigenvalue weighted by molar-refractivity contribution is 0.101. The van der Waals surface area contributed by atoms with Crippen LogP contribution < -0.4 is 0 Å². The molecule has 0 aliphatic heterocycles. The summed E-state index contributed by atoms with van der Waals surface area (Å²) in [5, 5.41) is 0. The second-order valence-corrected chi connectivity index (χ2v) is 14.2. The molecule has 2 heterocycles. The molecule has 5 nitrogen and oxygen atoms in total. The van der Waals surface area contributed by atoms with Crippen molar-refractivity contribution < 1.29 is 15.1 Å². The van der Waals surface area contributed by atoms with Gasteiger partial charge >= 0.3 is 0 Å². The number of Topliss-reactive ketones (excluding diaryl/α,β-unsaturated/α-hetero) is 2. The minimum atomic E-state index is -0.0342. The van der Waals surface area contributed by atoms with Crippen LogP contribution in [0.25, 0.3) is 51.2 Å². The molecule has 0 radical (unpaired) electrons. The maximum absolute atomic E-state index is 14.2. The Kier molecular flexibility index (Phi) is 9.95. The van der Waals surface area contributed by atoms with Crippen molar-refractivity contribution in [3.05, 3.63) is 196 Å². The molecule has 55 heavy (non-hydrogen) atoms. The van der Waals surface area contributed by atoms with E-state index in [1.807, 2.05) is 97.1 Å². The van der Waals surface area contributed by atoms with Gasteiger partial charge in [-0.3, -0.25) is 9.59 Å². The summed E-state index contributed by atoms with van der Waals surface area (Å²) >= 11 is 0. The van der Waals surface area contributed by atoms with Crippen LogP contribution in [-0.2, 0) is 12.8 Å². The lowest BCUT2D eigenvalue weighted by Crippen LogP contribution is -2.18. The summed E-state index contributed by atoms with van der Waals surface area (Å²) in [6, 6.07) is 43.0. The van der Waals surface area contributed by atoms with Crippen molar-refractivity contribution in [3.63, 3.8) is 0 Å². The topological polar surface area (TPSA) is 91.4 Å². The molecular formula is C50H40N2O3. The Morgan fingerprint density at radius 3 is 1.49 bits per heavy atom. The van der Waals surface area contributed by atoms with Crippen molar-refractivity contribution in [1.82, 2.24) is 9.97 Å². The number of hydrogen-bond acceptors (Lipinski definition) is 4. The summed E-state index contributed by atoms with van der Waals surface area (Å²) in [6.45, 7) is 0. The average molecular weight is 717 g/mol. The van der Waals surface area contributed by atoms with E-state index < -0.39 is 0 Å². The van der Waals surface area contributed by atoms with Crippen molar-refractivity contribution in [2.75, 3.05) is 0 Å². The monoisotopic (exact) mass is 716 g/mol. The molecule has 5 heteroatoms. The lowest BCUT2D eigenvalue weighted by Gasteiger charge is -2.22. The van der Waals surface area contributed by atoms with Crippen LogP contribution >= 0.6 is 0 Å². The van der Waals surface area contributed by atoms with Crippen LogP contribution in [-0.4, -0.2) is 27.0 Å². The van der Waals surface area contributed by atoms with Gasteiger partial charge in [-0.2, -0.15) is 0 Å². The van der Waals surface area contributed by atoms with E-state index in [2.05, 4.69) is 60.7 Å². The summed E-state index contributed by atoms with van der Waals surface area (Å²) in [5.74, 6) is -0.0546. The molecule has 4 aromatic carbocycles. The minimum absolute atomic E-state index is 0. The van der Waals surface area contributed by atoms with E-state index in [-0.39, 0.29) is 17.0 Å². The van der Waals surface area contributed by atoms with Gasteiger partial charge in [-0.05, 0) is 119 Å². The quantitative estimate of drug-likeness (QED) is 0.160. The fourth-order valence-corrected chi connectivity index (χ4v) is 7.95. The molecule has 9 rings (SSSR count). The second kappa shape index (κ2) is 15.4. The summed E-state index contributed by atoms with van der Waals surface area (Å²) in [4.78, 5) is 38.4. The second-order valence-electron chi connectivity index (χ2n) is 14.2. The highest BCUT2D eigenvalue weighted by Crippen LogP contribution is 2.38. The first-order valence-corrected chi connectivity index (χ1v) is 18.8. The Morgan fingerprint density at radius 2 is 0.982 bits per heavy atom. The van der Waals surface area contributed by atoms with E-state index in [1.165, 1.54) is 0 Å². The minimum Gasteiger partial charge on any atom is -0.412 e. The average Bonchev–Trinajstić information content (AvgIpc) is 3.24. The third-order valence-corrected chi connectivity index (χ3v) is 10.7. The first kappa shape index (κ1) is 35.5. The molecule has 2 N–H and O–H groups in total. The summed E-state index contributed by atoms with van der Waals surface area (Å²) < 4.78 is 0. The number of hydrogen-bond donors (Lipinski definition) is 0. The van der Waals surface area contributed by atoms with Crippen LogP contribution in [0, 0.1) is 0 Å². The standard InChI is InChI=1S/C50H38N2O2.H2O/c53-49-39(24-26-41-43(35-16-5-1-6-17-35)31-45(51-47(41)49)37-20-9-3-10-21-37)29-33-14-13-15-34(28-33)30-40-25-27-42-44(36-18-7-2-8-19-36)32-46(52-48(42)50(40)54)38-22-11-4-12-23-38;/h1-3,5-11,13-23,28-32H,4,12,24-27H2;1H2/b39-29+,40-30+;. The first-order valence-electron chi connectivity index (χ1n) is 18.8. The number of ketones is 2. The molecule has 0 spiro atoms. The number of carbonyl (C=O) groups is 2. The fraction of sp³-hybridized carbons (Fsp3) is 0.120. The number of pyridine rings is 2. The first-order chi connectivity index (χ1) is 26.6. The summed E-state index contributed by atoms with van der Waals surface area (Å²) in [6.07, 6.45) is 15.2. The van der Waals surface area contributed by atoms with Gasteiger partial charge < -0.3 is 5.48 Å². The van der Waals surface area contributed by atoms with Gasteiger partial charge in [-0.25, -0.2) is 9.97 Å². The van der Waals surface area contributed by atoms with Crippen LogP contribution in [0.2, 0.25) is 0 Å². The van der Waals surface area contributed by atoms with Gasteiger partial charge in [-0.15, -0.1) is 0 Å². The van der Waals surface area contributed by atoms with Crippen LogP contribution in [0.1, 0.15) is 74.6 Å². The number of aromatic nitrogens is 2. The molecule has 0 saturated carbocycles. The Labute approximate surface area is 321 Å². The van der Waals surface area contributed by atoms with Gasteiger partial charge in [0.15, 0.2) is 0 Å². The molecule has 2 aromatic heterocycles. The van der Waals surface area contributed by atoms with Crippen molar-refractivity contribution in [2.45, 2.75) is 38.5 Å². The molecule has 3 aliphatic carbocycles. The summed E-state index contributed by atoms with van der Waals surface area (Å²) in [5.41, 5.74) is 14.4. The predicted octanol–water partition coefficient (Wildman–Crippen LogP) is 10.8. The third-order valence-electron chi connectivity index (χ3n) is 10.7. The van der Waals surface area contributed by atoms with Gasteiger partial charge in [0.05, 0.1) is 11.4 Å². The van der Waals surface area contributed by atoms with Gasteiger partial charge in [0.2, 0.25) is 11.6 Å². The van der Waals surface area contributed by atoms with Crippen LogP contribution in [0.4, 0.5) is 0 Å². The Hall–Kier alpha value is -6.56. The predicted molar refractivity (Wildman–Crippen MR) is 222 cm³/mol. The van der Waals surface area contributed by atoms with Crippen molar-refractivity contribution in [3.8, 4) is 33.5 Å². The normalized spacial score (nSPS) is 16.3. The van der Waals surface area contributed by atoms with Crippen molar-refractivity contribution in [2.24, 2.45) is 0 Å². The number of rotatable bonds is 6. The number of fused-ring (bicyclic) bond motifs is 2. The van der Waals surface area contributed by atoms with Crippen LogP contribution in [0.5, 0.6) is 0 Å². The molecular weight excluding hydrogens is 677 g/mol. The molecule has 6 aromatic rings. The van der Waals surface area contributed by atoms with E-state index in [1.54, 1.807) is 0 Å². The smallest absolute Gasteiger partial charge is 0.207 e. The third kappa shape index (κ3) is 7.10. The lowest BCUT2D eigenvalue weighted by atomic mass is 9.83. The van der Waals surface area contributed by atoms with E-state index in [9.17, 15) is 9.59 Å². The maximum Gasteiger partial charge on any atom is 0.207 e. The number of allylic oxidation sites excluding steroid dienone is 6. The highest BCUT2D eigenvalue weighted by molar-refractivity contribution is 6.14. The number of carbonyl (C=O) groups excluding carboxylic acids is 2. The van der Waals surface area contributed by atoms with Crippen molar-refractivity contribution >= 4 is 29.3 Å². The molecule has 0 fully saturated rings. The molecule has 0 atom stereocenters. The fourth-order valence-electron chi connectivity index (χ4n) is 7.95. The molecule has 0 unspecified atom stereocenters. The molecule has 268 valence electrons. The molecule has 0 amide bonds. The number of nitrogens with zero attached hydrogens (tertiary/aromatic N) is 2. The van der Waals surface area contributed by atoms with Crippen LogP contribution in [0.15, 0.2) is 157 Å². The number of benzene rings is 4. The Balaban J connectivity index is 0.00000427. The zero-order valence-electron chi connectivity index (χ0n) is 30.5. The highest BCUT2D eigenvalue weighted by atomic mass is 16.1. The largest absolute Gasteiger partial charge is 0.412 e. The van der Waals surface area contributed by atoms with E-state index in [0.717, 1.165) is 104 Å². The Morgan fingerprint density at radius 1 is 0.491 bits per heavy atom. The zero-order chi connectivity index (χ0) is 36.4. The van der Waals surface area contributed by atoms with Gasteiger partial charge in [0, 0.05) is 16.7 Å². The zero-order valence-corrected chi connectivity index (χ0v) is 30.5. The molecule has 0 bridgehead atoms. The Bertz CT molecular complexity index is 2560. The van der Waals surface area contributed by atoms with E-state index >= 15 is 0 Å². The van der Waals surface area contributed by atoms with Gasteiger partial charge in [-0.1, -0.05) is 127 Å².